The van der Waals surface area contributed by atoms with Crippen molar-refractivity contribution >= 4 is 10.9 Å². The Morgan fingerprint density at radius 1 is 1.41 bits per heavy atom. The molecule has 90 valence electrons. The predicted molar refractivity (Wildman–Crippen MR) is 69.5 cm³/mol. The van der Waals surface area contributed by atoms with E-state index in [4.69, 9.17) is 4.74 Å². The third-order valence-corrected chi connectivity index (χ3v) is 3.76. The average Bonchev–Trinajstić information content (AvgIpc) is 2.63. The molecule has 0 saturated heterocycles. The van der Waals surface area contributed by atoms with Gasteiger partial charge in [0.2, 0.25) is 0 Å². The van der Waals surface area contributed by atoms with Gasteiger partial charge < -0.3 is 14.6 Å². The van der Waals surface area contributed by atoms with Crippen molar-refractivity contribution < 1.29 is 4.74 Å². The van der Waals surface area contributed by atoms with Crippen LogP contribution in [0.4, 0.5) is 0 Å². The summed E-state index contributed by atoms with van der Waals surface area (Å²) in [7, 11) is 3.86. The molecule has 1 atom stereocenters. The van der Waals surface area contributed by atoms with Crippen LogP contribution in [0.1, 0.15) is 18.2 Å². The molecule has 3 nitrogen and oxygen atoms in total. The summed E-state index contributed by atoms with van der Waals surface area (Å²) < 4.78 is 7.74. The van der Waals surface area contributed by atoms with Crippen molar-refractivity contribution in [3.63, 3.8) is 0 Å². The Balaban J connectivity index is 2.33. The molecule has 17 heavy (non-hydrogen) atoms. The Morgan fingerprint density at radius 2 is 2.24 bits per heavy atom. The highest BCUT2D eigenvalue weighted by Crippen LogP contribution is 2.34. The maximum Gasteiger partial charge on any atom is 0.143 e. The molecule has 0 amide bonds. The summed E-state index contributed by atoms with van der Waals surface area (Å²) in [5, 5.41) is 4.86. The minimum atomic E-state index is 0.555. The molecule has 0 aliphatic carbocycles. The molecule has 0 bridgehead atoms. The van der Waals surface area contributed by atoms with Gasteiger partial charge in [-0.15, -0.1) is 0 Å². The Labute approximate surface area is 101 Å². The van der Waals surface area contributed by atoms with E-state index >= 15 is 0 Å². The molecule has 1 aliphatic heterocycles. The molecule has 3 heteroatoms. The van der Waals surface area contributed by atoms with Crippen molar-refractivity contribution in [2.45, 2.75) is 25.9 Å². The van der Waals surface area contributed by atoms with E-state index in [2.05, 4.69) is 36.0 Å². The molecular weight excluding hydrogens is 212 g/mol. The van der Waals surface area contributed by atoms with Crippen LogP contribution in [0.5, 0.6) is 5.75 Å². The maximum atomic E-state index is 5.47. The SMILES string of the molecule is COc1cccc2c3c(n(C)c12)CNC(C)C3. The average molecular weight is 230 g/mol. The topological polar surface area (TPSA) is 26.2 Å². The van der Waals surface area contributed by atoms with Gasteiger partial charge in [0.1, 0.15) is 5.75 Å². The van der Waals surface area contributed by atoms with Crippen LogP contribution < -0.4 is 10.1 Å². The molecule has 2 heterocycles. The van der Waals surface area contributed by atoms with Gasteiger partial charge in [-0.3, -0.25) is 0 Å². The number of nitrogens with zero attached hydrogens (tertiary/aromatic N) is 1. The Bertz CT molecular complexity index is 571. The third-order valence-electron chi connectivity index (χ3n) is 3.76. The van der Waals surface area contributed by atoms with E-state index in [1.807, 2.05) is 6.07 Å². The van der Waals surface area contributed by atoms with Crippen molar-refractivity contribution in [2.24, 2.45) is 7.05 Å². The van der Waals surface area contributed by atoms with Crippen LogP contribution in [-0.4, -0.2) is 17.7 Å². The highest BCUT2D eigenvalue weighted by molar-refractivity contribution is 5.90. The van der Waals surface area contributed by atoms with E-state index in [9.17, 15) is 0 Å². The van der Waals surface area contributed by atoms with Crippen LogP contribution in [0.25, 0.3) is 10.9 Å². The molecule has 1 aromatic carbocycles. The molecule has 1 unspecified atom stereocenters. The third kappa shape index (κ3) is 1.46. The lowest BCUT2D eigenvalue weighted by Crippen LogP contribution is -2.33. The molecule has 0 saturated carbocycles. The van der Waals surface area contributed by atoms with Crippen molar-refractivity contribution in [1.82, 2.24) is 9.88 Å². The van der Waals surface area contributed by atoms with Gasteiger partial charge >= 0.3 is 0 Å². The second kappa shape index (κ2) is 3.77. The molecule has 2 aromatic rings. The minimum absolute atomic E-state index is 0.555. The first-order valence-electron chi connectivity index (χ1n) is 6.09. The fourth-order valence-electron chi connectivity index (χ4n) is 2.87. The first-order valence-corrected chi connectivity index (χ1v) is 6.09. The number of ether oxygens (including phenoxy) is 1. The molecule has 0 radical (unpaired) electrons. The van der Waals surface area contributed by atoms with Crippen molar-refractivity contribution in [1.29, 1.82) is 0 Å². The second-order valence-corrected chi connectivity index (χ2v) is 4.83. The fourth-order valence-corrected chi connectivity index (χ4v) is 2.87. The molecular formula is C14H18N2O. The number of fused-ring (bicyclic) bond motifs is 3. The largest absolute Gasteiger partial charge is 0.495 e. The van der Waals surface area contributed by atoms with Crippen LogP contribution in [0.15, 0.2) is 18.2 Å². The summed E-state index contributed by atoms with van der Waals surface area (Å²) in [5.41, 5.74) is 4.09. The highest BCUT2D eigenvalue weighted by atomic mass is 16.5. The number of hydrogen-bond donors (Lipinski definition) is 1. The lowest BCUT2D eigenvalue weighted by atomic mass is 9.99. The normalized spacial score (nSPS) is 19.4. The van der Waals surface area contributed by atoms with Crippen LogP contribution >= 0.6 is 0 Å². The van der Waals surface area contributed by atoms with Gasteiger partial charge in [0.15, 0.2) is 0 Å². The zero-order valence-corrected chi connectivity index (χ0v) is 10.6. The molecule has 1 aliphatic rings. The summed E-state index contributed by atoms with van der Waals surface area (Å²) >= 11 is 0. The zero-order chi connectivity index (χ0) is 12.0. The van der Waals surface area contributed by atoms with Crippen LogP contribution in [0.3, 0.4) is 0 Å². The Morgan fingerprint density at radius 3 is 3.00 bits per heavy atom. The van der Waals surface area contributed by atoms with Gasteiger partial charge in [0.05, 0.1) is 12.6 Å². The summed E-state index contributed by atoms with van der Waals surface area (Å²) in [6.45, 7) is 3.19. The number of nitrogens with one attached hydrogen (secondary N) is 1. The number of aryl methyl sites for hydroxylation is 1. The van der Waals surface area contributed by atoms with Crippen molar-refractivity contribution in [2.75, 3.05) is 7.11 Å². The van der Waals surface area contributed by atoms with Gasteiger partial charge in [-0.1, -0.05) is 12.1 Å². The standard InChI is InChI=1S/C14H18N2O/c1-9-7-11-10-5-4-6-13(17-3)14(10)16(2)12(11)8-15-9/h4-6,9,15H,7-8H2,1-3H3. The van der Waals surface area contributed by atoms with Crippen LogP contribution in [0.2, 0.25) is 0 Å². The van der Waals surface area contributed by atoms with Crippen molar-refractivity contribution in [3.05, 3.63) is 29.5 Å². The lowest BCUT2D eigenvalue weighted by Gasteiger charge is -2.21. The first-order chi connectivity index (χ1) is 8.22. The second-order valence-electron chi connectivity index (χ2n) is 4.83. The number of rotatable bonds is 1. The molecule has 1 aromatic heterocycles. The molecule has 1 N–H and O–H groups in total. The summed E-state index contributed by atoms with van der Waals surface area (Å²) in [6, 6.07) is 6.87. The number of benzene rings is 1. The van der Waals surface area contributed by atoms with Gasteiger partial charge in [-0.05, 0) is 25.0 Å². The fraction of sp³-hybridized carbons (Fsp3) is 0.429. The Hall–Kier alpha value is -1.48. The van der Waals surface area contributed by atoms with E-state index in [0.29, 0.717) is 6.04 Å². The van der Waals surface area contributed by atoms with Gasteiger partial charge in [-0.25, -0.2) is 0 Å². The van der Waals surface area contributed by atoms with E-state index in [1.54, 1.807) is 7.11 Å². The number of methoxy groups -OCH3 is 1. The zero-order valence-electron chi connectivity index (χ0n) is 10.6. The quantitative estimate of drug-likeness (QED) is 0.813. The molecule has 0 fully saturated rings. The summed E-state index contributed by atoms with van der Waals surface area (Å²) in [5.74, 6) is 0.965. The number of para-hydroxylation sites is 1. The smallest absolute Gasteiger partial charge is 0.143 e. The molecule has 3 rings (SSSR count). The maximum absolute atomic E-state index is 5.47. The first kappa shape index (κ1) is 10.7. The van der Waals surface area contributed by atoms with Crippen LogP contribution in [0, 0.1) is 0 Å². The van der Waals surface area contributed by atoms with E-state index in [-0.39, 0.29) is 0 Å². The van der Waals surface area contributed by atoms with E-state index in [0.717, 1.165) is 18.7 Å². The predicted octanol–water partition coefficient (Wildman–Crippen LogP) is 2.22. The van der Waals surface area contributed by atoms with Gasteiger partial charge in [0, 0.05) is 30.7 Å². The highest BCUT2D eigenvalue weighted by Gasteiger charge is 2.22. The van der Waals surface area contributed by atoms with Crippen molar-refractivity contribution in [3.8, 4) is 5.75 Å². The van der Waals surface area contributed by atoms with E-state index < -0.39 is 0 Å². The van der Waals surface area contributed by atoms with Gasteiger partial charge in [0.25, 0.3) is 0 Å². The minimum Gasteiger partial charge on any atom is -0.495 e. The number of aromatic nitrogens is 1. The van der Waals surface area contributed by atoms with Crippen LogP contribution in [-0.2, 0) is 20.0 Å². The molecule has 0 spiro atoms. The lowest BCUT2D eigenvalue weighted by molar-refractivity contribution is 0.417. The van der Waals surface area contributed by atoms with Gasteiger partial charge in [-0.2, -0.15) is 0 Å². The summed E-state index contributed by atoms with van der Waals surface area (Å²) in [6.07, 6.45) is 1.10. The Kier molecular flexibility index (Phi) is 2.37. The number of hydrogen-bond acceptors (Lipinski definition) is 2. The van der Waals surface area contributed by atoms with E-state index in [1.165, 1.54) is 22.2 Å². The summed E-state index contributed by atoms with van der Waals surface area (Å²) in [4.78, 5) is 0. The monoisotopic (exact) mass is 230 g/mol.